The number of anilines is 1. The first-order chi connectivity index (χ1) is 12.4. The summed E-state index contributed by atoms with van der Waals surface area (Å²) >= 11 is 0. The highest BCUT2D eigenvalue weighted by molar-refractivity contribution is 5.87. The number of rotatable bonds is 6. The van der Waals surface area contributed by atoms with Crippen molar-refractivity contribution in [2.45, 2.75) is 24.9 Å². The molecule has 1 unspecified atom stereocenters. The molecule has 0 aromatic carbocycles. The van der Waals surface area contributed by atoms with Crippen molar-refractivity contribution in [3.63, 3.8) is 0 Å². The summed E-state index contributed by atoms with van der Waals surface area (Å²) in [5, 5.41) is 19.6. The van der Waals surface area contributed by atoms with E-state index >= 15 is 0 Å². The molecule has 8 heteroatoms. The van der Waals surface area contributed by atoms with Crippen LogP contribution in [0.2, 0.25) is 0 Å². The highest BCUT2D eigenvalue weighted by atomic mass is 16.4. The number of carbonyl (C=O) groups is 2. The molecule has 1 aliphatic heterocycles. The number of carboxylic acids is 1. The lowest BCUT2D eigenvalue weighted by atomic mass is 10.0. The molecule has 8 nitrogen and oxygen atoms in total. The molecule has 2 aromatic rings. The first kappa shape index (κ1) is 18.1. The van der Waals surface area contributed by atoms with Gasteiger partial charge < -0.3 is 20.0 Å². The largest absolute Gasteiger partial charge is 0.481 e. The topological polar surface area (TPSA) is 107 Å². The number of aromatic nitrogens is 2. The minimum absolute atomic E-state index is 0.0649. The maximum Gasteiger partial charge on any atom is 0.303 e. The second kappa shape index (κ2) is 7.25. The molecular formula is C18H22N4O4. The highest BCUT2D eigenvalue weighted by Gasteiger charge is 2.38. The molecule has 0 spiro atoms. The van der Waals surface area contributed by atoms with Crippen LogP contribution in [0.3, 0.4) is 0 Å². The number of aliphatic carboxylic acids is 1. The van der Waals surface area contributed by atoms with Gasteiger partial charge in [-0.2, -0.15) is 0 Å². The Bertz CT molecular complexity index is 822. The zero-order valence-electron chi connectivity index (χ0n) is 14.6. The molecule has 3 rings (SSSR count). The van der Waals surface area contributed by atoms with Crippen molar-refractivity contribution in [1.29, 1.82) is 0 Å². The van der Waals surface area contributed by atoms with E-state index in [4.69, 9.17) is 5.11 Å². The Labute approximate surface area is 151 Å². The average molecular weight is 358 g/mol. The van der Waals surface area contributed by atoms with Crippen LogP contribution >= 0.6 is 0 Å². The Morgan fingerprint density at radius 1 is 1.27 bits per heavy atom. The predicted octanol–water partition coefficient (Wildman–Crippen LogP) is 0.894. The van der Waals surface area contributed by atoms with E-state index in [2.05, 4.69) is 9.97 Å². The van der Waals surface area contributed by atoms with Crippen LogP contribution < -0.4 is 4.90 Å². The van der Waals surface area contributed by atoms with Crippen LogP contribution in [0.15, 0.2) is 30.6 Å². The predicted molar refractivity (Wildman–Crippen MR) is 95.8 cm³/mol. The molecular weight excluding hydrogens is 336 g/mol. The number of carboxylic acid groups (broad SMARTS) is 1. The number of hydrogen-bond acceptors (Lipinski definition) is 6. The molecule has 1 fully saturated rings. The van der Waals surface area contributed by atoms with Crippen molar-refractivity contribution in [2.75, 3.05) is 31.6 Å². The molecule has 0 bridgehead atoms. The Morgan fingerprint density at radius 3 is 2.85 bits per heavy atom. The van der Waals surface area contributed by atoms with Gasteiger partial charge >= 0.3 is 5.97 Å². The molecule has 138 valence electrons. The maximum absolute atomic E-state index is 12.0. The normalized spacial score (nSPS) is 19.7. The van der Waals surface area contributed by atoms with Gasteiger partial charge in [-0.3, -0.25) is 19.6 Å². The molecule has 2 aromatic heterocycles. The van der Waals surface area contributed by atoms with Gasteiger partial charge in [-0.25, -0.2) is 0 Å². The number of hydrogen-bond donors (Lipinski definition) is 2. The lowest BCUT2D eigenvalue weighted by Gasteiger charge is -2.29. The smallest absolute Gasteiger partial charge is 0.303 e. The van der Waals surface area contributed by atoms with E-state index in [1.54, 1.807) is 19.4 Å². The molecule has 26 heavy (non-hydrogen) atoms. The van der Waals surface area contributed by atoms with Crippen molar-refractivity contribution in [2.24, 2.45) is 0 Å². The SMILES string of the molecule is CN(CC1(O)CCN(c2ccnc3cccnc23)C1)C(=O)CCC(=O)O. The fourth-order valence-corrected chi connectivity index (χ4v) is 3.35. The first-order valence-corrected chi connectivity index (χ1v) is 8.51. The minimum atomic E-state index is -1.04. The van der Waals surface area contributed by atoms with Gasteiger partial charge in [0.2, 0.25) is 5.91 Å². The third kappa shape index (κ3) is 3.91. The van der Waals surface area contributed by atoms with E-state index in [0.29, 0.717) is 19.5 Å². The number of nitrogens with zero attached hydrogens (tertiary/aromatic N) is 4. The Kier molecular flexibility index (Phi) is 5.03. The number of likely N-dealkylation sites (N-methyl/N-ethyl adjacent to an activating group) is 1. The number of fused-ring (bicyclic) bond motifs is 1. The highest BCUT2D eigenvalue weighted by Crippen LogP contribution is 2.31. The van der Waals surface area contributed by atoms with Crippen molar-refractivity contribution < 1.29 is 19.8 Å². The van der Waals surface area contributed by atoms with E-state index in [1.807, 2.05) is 23.1 Å². The second-order valence-electron chi connectivity index (χ2n) is 6.74. The average Bonchev–Trinajstić information content (AvgIpc) is 3.00. The molecule has 1 saturated heterocycles. The van der Waals surface area contributed by atoms with Crippen molar-refractivity contribution in [3.05, 3.63) is 30.6 Å². The van der Waals surface area contributed by atoms with Gasteiger partial charge in [-0.15, -0.1) is 0 Å². The number of carbonyl (C=O) groups excluding carboxylic acids is 1. The van der Waals surface area contributed by atoms with E-state index in [1.165, 1.54) is 4.90 Å². The lowest BCUT2D eigenvalue weighted by molar-refractivity contribution is -0.141. The summed E-state index contributed by atoms with van der Waals surface area (Å²) < 4.78 is 0. The molecule has 1 atom stereocenters. The maximum atomic E-state index is 12.0. The Hall–Kier alpha value is -2.74. The molecule has 1 amide bonds. The number of aliphatic hydroxyl groups is 1. The van der Waals surface area contributed by atoms with Gasteiger partial charge in [0.25, 0.3) is 0 Å². The fraction of sp³-hybridized carbons (Fsp3) is 0.444. The Morgan fingerprint density at radius 2 is 2.08 bits per heavy atom. The monoisotopic (exact) mass is 358 g/mol. The van der Waals surface area contributed by atoms with Gasteiger partial charge in [-0.1, -0.05) is 0 Å². The molecule has 2 N–H and O–H groups in total. The number of β-amino-alcohol motifs (C(OH)–C–C–N with tert-alkyl or cyclic N) is 1. The van der Waals surface area contributed by atoms with Crippen LogP contribution in [0.5, 0.6) is 0 Å². The summed E-state index contributed by atoms with van der Waals surface area (Å²) in [6.45, 7) is 1.18. The zero-order chi connectivity index (χ0) is 18.7. The molecule has 1 aliphatic rings. The van der Waals surface area contributed by atoms with Crippen LogP contribution in [0, 0.1) is 0 Å². The first-order valence-electron chi connectivity index (χ1n) is 8.51. The third-order valence-electron chi connectivity index (χ3n) is 4.66. The summed E-state index contributed by atoms with van der Waals surface area (Å²) in [5.41, 5.74) is 1.44. The number of amides is 1. The van der Waals surface area contributed by atoms with E-state index < -0.39 is 11.6 Å². The lowest BCUT2D eigenvalue weighted by Crippen LogP contribution is -2.45. The summed E-state index contributed by atoms with van der Waals surface area (Å²) in [6.07, 6.45) is 3.68. The van der Waals surface area contributed by atoms with Gasteiger partial charge in [0, 0.05) is 39.0 Å². The zero-order valence-corrected chi connectivity index (χ0v) is 14.6. The fourth-order valence-electron chi connectivity index (χ4n) is 3.35. The van der Waals surface area contributed by atoms with Crippen molar-refractivity contribution >= 4 is 28.6 Å². The summed E-state index contributed by atoms with van der Waals surface area (Å²) in [5.74, 6) is -1.29. The van der Waals surface area contributed by atoms with Crippen LogP contribution in [-0.2, 0) is 9.59 Å². The van der Waals surface area contributed by atoms with Crippen LogP contribution in [0.25, 0.3) is 11.0 Å². The second-order valence-corrected chi connectivity index (χ2v) is 6.74. The van der Waals surface area contributed by atoms with Gasteiger partial charge in [0.05, 0.1) is 24.2 Å². The molecule has 0 saturated carbocycles. The quantitative estimate of drug-likeness (QED) is 0.790. The number of pyridine rings is 2. The molecule has 3 heterocycles. The minimum Gasteiger partial charge on any atom is -0.481 e. The van der Waals surface area contributed by atoms with Gasteiger partial charge in [0.15, 0.2) is 0 Å². The van der Waals surface area contributed by atoms with E-state index in [-0.39, 0.29) is 25.3 Å². The van der Waals surface area contributed by atoms with Gasteiger partial charge in [-0.05, 0) is 24.6 Å². The van der Waals surface area contributed by atoms with Crippen LogP contribution in [0.4, 0.5) is 5.69 Å². The summed E-state index contributed by atoms with van der Waals surface area (Å²) in [7, 11) is 1.59. The summed E-state index contributed by atoms with van der Waals surface area (Å²) in [4.78, 5) is 34.8. The van der Waals surface area contributed by atoms with Gasteiger partial charge in [0.1, 0.15) is 11.1 Å². The van der Waals surface area contributed by atoms with Crippen molar-refractivity contribution in [1.82, 2.24) is 14.9 Å². The summed E-state index contributed by atoms with van der Waals surface area (Å²) in [6, 6.07) is 5.60. The molecule has 0 aliphatic carbocycles. The van der Waals surface area contributed by atoms with Crippen LogP contribution in [0.1, 0.15) is 19.3 Å². The standard InChI is InChI=1S/C18H22N4O4/c1-21(15(23)4-5-16(24)25)11-18(26)7-10-22(12-18)14-6-9-19-13-3-2-8-20-17(13)14/h2-3,6,8-9,26H,4-5,7,10-12H2,1H3,(H,24,25). The van der Waals surface area contributed by atoms with E-state index in [0.717, 1.165) is 16.7 Å². The van der Waals surface area contributed by atoms with E-state index in [9.17, 15) is 14.7 Å². The van der Waals surface area contributed by atoms with Crippen molar-refractivity contribution in [3.8, 4) is 0 Å². The Balaban J connectivity index is 1.68. The molecule has 0 radical (unpaired) electrons. The van der Waals surface area contributed by atoms with Crippen LogP contribution in [-0.4, -0.2) is 69.2 Å². The third-order valence-corrected chi connectivity index (χ3v) is 4.66.